The topological polar surface area (TPSA) is 37.8 Å². The van der Waals surface area contributed by atoms with E-state index < -0.39 is 0 Å². The summed E-state index contributed by atoms with van der Waals surface area (Å²) in [5, 5.41) is 3.77. The van der Waals surface area contributed by atoms with E-state index in [1.165, 1.54) is 0 Å². The summed E-state index contributed by atoms with van der Waals surface area (Å²) in [6, 6.07) is 7.60. The lowest BCUT2D eigenvalue weighted by molar-refractivity contribution is 0.568. The molecule has 2 rings (SSSR count). The molecule has 1 heterocycles. The minimum atomic E-state index is -0.0395. The summed E-state index contributed by atoms with van der Waals surface area (Å²) in [6.45, 7) is 6.40. The number of nitrogens with zero attached hydrogens (tertiary/aromatic N) is 2. The lowest BCUT2D eigenvalue weighted by Gasteiger charge is -2.19. The lowest BCUT2D eigenvalue weighted by Crippen LogP contribution is -2.15. The first-order chi connectivity index (χ1) is 9.31. The van der Waals surface area contributed by atoms with Crippen LogP contribution in [0.25, 0.3) is 11.4 Å². The van der Waals surface area contributed by atoms with Crippen LogP contribution in [-0.4, -0.2) is 17.0 Å². The largest absolute Gasteiger partial charge is 0.373 e. The molecule has 0 aliphatic carbocycles. The number of aromatic nitrogens is 2. The second-order valence-corrected chi connectivity index (χ2v) is 6.88. The number of rotatable bonds is 2. The first-order valence-corrected chi connectivity index (χ1v) is 7.51. The Kier molecular flexibility index (Phi) is 4.35. The van der Waals surface area contributed by atoms with Crippen LogP contribution in [0.5, 0.6) is 0 Å². The SMILES string of the molecule is CNc1cc(C(C)(C)C)nc(-c2ccc(Cl)cc2Br)n1. The van der Waals surface area contributed by atoms with E-state index in [0.717, 1.165) is 21.5 Å². The normalized spacial score (nSPS) is 11.5. The highest BCUT2D eigenvalue weighted by Crippen LogP contribution is 2.31. The van der Waals surface area contributed by atoms with Crippen LogP contribution in [0.1, 0.15) is 26.5 Å². The zero-order valence-electron chi connectivity index (χ0n) is 12.0. The Balaban J connectivity index is 2.61. The number of halogens is 2. The smallest absolute Gasteiger partial charge is 0.162 e. The minimum absolute atomic E-state index is 0.0395. The standard InChI is InChI=1S/C15H17BrClN3/c1-15(2,3)12-8-13(18-4)20-14(19-12)10-6-5-9(17)7-11(10)16/h5-8H,1-4H3,(H,18,19,20). The Bertz CT molecular complexity index is 636. The van der Waals surface area contributed by atoms with Crippen LogP contribution in [0.4, 0.5) is 5.82 Å². The summed E-state index contributed by atoms with van der Waals surface area (Å²) in [6.07, 6.45) is 0. The fraction of sp³-hybridized carbons (Fsp3) is 0.333. The summed E-state index contributed by atoms with van der Waals surface area (Å²) in [7, 11) is 1.86. The number of benzene rings is 1. The van der Waals surface area contributed by atoms with Crippen molar-refractivity contribution in [2.75, 3.05) is 12.4 Å². The zero-order valence-corrected chi connectivity index (χ0v) is 14.3. The van der Waals surface area contributed by atoms with Gasteiger partial charge in [-0.15, -0.1) is 0 Å². The molecule has 2 aromatic rings. The molecule has 0 atom stereocenters. The molecule has 1 N–H and O–H groups in total. The minimum Gasteiger partial charge on any atom is -0.373 e. The fourth-order valence-electron chi connectivity index (χ4n) is 1.75. The molecular formula is C15H17BrClN3. The predicted octanol–water partition coefficient (Wildman–Crippen LogP) is 4.90. The third-order valence-corrected chi connectivity index (χ3v) is 3.81. The van der Waals surface area contributed by atoms with Crippen molar-refractivity contribution in [3.8, 4) is 11.4 Å². The molecule has 0 fully saturated rings. The van der Waals surface area contributed by atoms with Crippen LogP contribution in [0.2, 0.25) is 5.02 Å². The molecule has 20 heavy (non-hydrogen) atoms. The van der Waals surface area contributed by atoms with E-state index in [4.69, 9.17) is 11.6 Å². The Morgan fingerprint density at radius 3 is 2.40 bits per heavy atom. The predicted molar refractivity (Wildman–Crippen MR) is 88.4 cm³/mol. The highest BCUT2D eigenvalue weighted by molar-refractivity contribution is 9.10. The van der Waals surface area contributed by atoms with Crippen molar-refractivity contribution in [3.63, 3.8) is 0 Å². The van der Waals surface area contributed by atoms with Crippen molar-refractivity contribution in [1.82, 2.24) is 9.97 Å². The number of hydrogen-bond donors (Lipinski definition) is 1. The Morgan fingerprint density at radius 2 is 1.85 bits per heavy atom. The van der Waals surface area contributed by atoms with Crippen LogP contribution >= 0.6 is 27.5 Å². The quantitative estimate of drug-likeness (QED) is 0.833. The van der Waals surface area contributed by atoms with Crippen molar-refractivity contribution < 1.29 is 0 Å². The molecule has 0 saturated heterocycles. The maximum atomic E-state index is 5.98. The molecule has 3 nitrogen and oxygen atoms in total. The van der Waals surface area contributed by atoms with Crippen molar-refractivity contribution >= 4 is 33.3 Å². The van der Waals surface area contributed by atoms with Crippen LogP contribution in [0.15, 0.2) is 28.7 Å². The van der Waals surface area contributed by atoms with Gasteiger partial charge in [0.1, 0.15) is 5.82 Å². The molecule has 0 amide bonds. The highest BCUT2D eigenvalue weighted by atomic mass is 79.9. The van der Waals surface area contributed by atoms with Gasteiger partial charge in [-0.05, 0) is 34.1 Å². The van der Waals surface area contributed by atoms with E-state index in [-0.39, 0.29) is 5.41 Å². The number of anilines is 1. The molecule has 0 spiro atoms. The highest BCUT2D eigenvalue weighted by Gasteiger charge is 2.19. The second kappa shape index (κ2) is 5.70. The van der Waals surface area contributed by atoms with E-state index in [9.17, 15) is 0 Å². The summed E-state index contributed by atoms with van der Waals surface area (Å²) in [5.74, 6) is 1.49. The molecule has 0 unspecified atom stereocenters. The van der Waals surface area contributed by atoms with Gasteiger partial charge in [0.05, 0.1) is 5.69 Å². The van der Waals surface area contributed by atoms with E-state index in [0.29, 0.717) is 10.8 Å². The van der Waals surface area contributed by atoms with Gasteiger partial charge in [0.15, 0.2) is 5.82 Å². The maximum Gasteiger partial charge on any atom is 0.162 e. The Morgan fingerprint density at radius 1 is 1.15 bits per heavy atom. The van der Waals surface area contributed by atoms with Crippen molar-refractivity contribution in [1.29, 1.82) is 0 Å². The van der Waals surface area contributed by atoms with E-state index in [1.54, 1.807) is 0 Å². The summed E-state index contributed by atoms with van der Waals surface area (Å²) in [5.41, 5.74) is 1.88. The summed E-state index contributed by atoms with van der Waals surface area (Å²) >= 11 is 9.50. The van der Waals surface area contributed by atoms with Gasteiger partial charge in [0.25, 0.3) is 0 Å². The van der Waals surface area contributed by atoms with E-state index in [2.05, 4.69) is 52.0 Å². The third kappa shape index (κ3) is 3.30. The van der Waals surface area contributed by atoms with Gasteiger partial charge >= 0.3 is 0 Å². The van der Waals surface area contributed by atoms with Crippen LogP contribution in [0, 0.1) is 0 Å². The summed E-state index contributed by atoms with van der Waals surface area (Å²) in [4.78, 5) is 9.22. The molecule has 0 aliphatic rings. The molecule has 0 radical (unpaired) electrons. The van der Waals surface area contributed by atoms with Crippen LogP contribution in [-0.2, 0) is 5.41 Å². The number of nitrogens with one attached hydrogen (secondary N) is 1. The van der Waals surface area contributed by atoms with E-state index in [1.807, 2.05) is 31.3 Å². The molecule has 0 saturated carbocycles. The van der Waals surface area contributed by atoms with Crippen molar-refractivity contribution in [2.24, 2.45) is 0 Å². The Hall–Kier alpha value is -1.13. The fourth-order valence-corrected chi connectivity index (χ4v) is 2.61. The van der Waals surface area contributed by atoms with Gasteiger partial charge < -0.3 is 5.32 Å². The number of hydrogen-bond acceptors (Lipinski definition) is 3. The van der Waals surface area contributed by atoms with Crippen LogP contribution < -0.4 is 5.32 Å². The van der Waals surface area contributed by atoms with Crippen molar-refractivity contribution in [3.05, 3.63) is 39.5 Å². The third-order valence-electron chi connectivity index (χ3n) is 2.92. The van der Waals surface area contributed by atoms with Gasteiger partial charge in [-0.25, -0.2) is 9.97 Å². The van der Waals surface area contributed by atoms with E-state index >= 15 is 0 Å². The molecule has 1 aromatic heterocycles. The molecule has 5 heteroatoms. The zero-order chi connectivity index (χ0) is 14.9. The summed E-state index contributed by atoms with van der Waals surface area (Å²) < 4.78 is 0.887. The molecule has 0 bridgehead atoms. The second-order valence-electron chi connectivity index (χ2n) is 5.59. The first-order valence-electron chi connectivity index (χ1n) is 6.34. The average Bonchev–Trinajstić information content (AvgIpc) is 2.37. The molecular weight excluding hydrogens is 338 g/mol. The van der Waals surface area contributed by atoms with Crippen molar-refractivity contribution in [2.45, 2.75) is 26.2 Å². The van der Waals surface area contributed by atoms with Gasteiger partial charge in [-0.3, -0.25) is 0 Å². The lowest BCUT2D eigenvalue weighted by atomic mass is 9.92. The average molecular weight is 355 g/mol. The first kappa shape index (κ1) is 15.3. The van der Waals surface area contributed by atoms with Crippen LogP contribution in [0.3, 0.4) is 0 Å². The Labute approximate surface area is 132 Å². The van der Waals surface area contributed by atoms with Gasteiger partial charge in [0, 0.05) is 33.6 Å². The van der Waals surface area contributed by atoms with Gasteiger partial charge in [-0.1, -0.05) is 32.4 Å². The molecule has 0 aliphatic heterocycles. The van der Waals surface area contributed by atoms with Gasteiger partial charge in [0.2, 0.25) is 0 Å². The maximum absolute atomic E-state index is 5.98. The molecule has 1 aromatic carbocycles. The van der Waals surface area contributed by atoms with Gasteiger partial charge in [-0.2, -0.15) is 0 Å². The monoisotopic (exact) mass is 353 g/mol. The molecule has 106 valence electrons.